The SMILES string of the molecule is CCC(=O)Cc1ccc(Oc2ccnc3cc(C)c(C)cc23)cc1Cl.O=C=O. The minimum Gasteiger partial charge on any atom is -0.457 e. The molecule has 2 aromatic carbocycles. The lowest BCUT2D eigenvalue weighted by molar-refractivity contribution is -0.191. The van der Waals surface area contributed by atoms with Crippen molar-refractivity contribution in [2.24, 2.45) is 0 Å². The van der Waals surface area contributed by atoms with E-state index in [2.05, 4.69) is 31.0 Å². The van der Waals surface area contributed by atoms with Crippen LogP contribution in [0.1, 0.15) is 30.0 Å². The first-order chi connectivity index (χ1) is 13.4. The fourth-order valence-electron chi connectivity index (χ4n) is 2.67. The summed E-state index contributed by atoms with van der Waals surface area (Å²) in [5, 5.41) is 1.51. The van der Waals surface area contributed by atoms with E-state index in [0.717, 1.165) is 22.2 Å². The molecule has 5 nitrogen and oxygen atoms in total. The summed E-state index contributed by atoms with van der Waals surface area (Å²) < 4.78 is 6.04. The predicted molar refractivity (Wildman–Crippen MR) is 107 cm³/mol. The molecule has 0 atom stereocenters. The van der Waals surface area contributed by atoms with Gasteiger partial charge in [-0.15, -0.1) is 0 Å². The van der Waals surface area contributed by atoms with Gasteiger partial charge in [-0.25, -0.2) is 0 Å². The van der Waals surface area contributed by atoms with Crippen molar-refractivity contribution in [1.82, 2.24) is 4.98 Å². The molecule has 0 fully saturated rings. The number of aromatic nitrogens is 1. The van der Waals surface area contributed by atoms with E-state index in [4.69, 9.17) is 25.9 Å². The number of Topliss-reactive ketones (excluding diaryl/α,β-unsaturated/α-hetero) is 1. The van der Waals surface area contributed by atoms with Crippen molar-refractivity contribution in [1.29, 1.82) is 0 Å². The highest BCUT2D eigenvalue weighted by Gasteiger charge is 2.10. The third-order valence-electron chi connectivity index (χ3n) is 4.35. The number of pyridine rings is 1. The summed E-state index contributed by atoms with van der Waals surface area (Å²) in [6, 6.07) is 11.4. The number of fused-ring (bicyclic) bond motifs is 1. The number of benzene rings is 2. The van der Waals surface area contributed by atoms with Crippen LogP contribution < -0.4 is 4.74 Å². The monoisotopic (exact) mass is 397 g/mol. The van der Waals surface area contributed by atoms with Gasteiger partial charge in [0, 0.05) is 29.4 Å². The second-order valence-corrected chi connectivity index (χ2v) is 6.68. The first kappa shape index (κ1) is 21.3. The van der Waals surface area contributed by atoms with Crippen LogP contribution in [-0.4, -0.2) is 16.9 Å². The fourth-order valence-corrected chi connectivity index (χ4v) is 2.91. The number of ketones is 1. The average molecular weight is 398 g/mol. The Morgan fingerprint density at radius 3 is 2.43 bits per heavy atom. The molecule has 6 heteroatoms. The van der Waals surface area contributed by atoms with Crippen LogP contribution in [0.4, 0.5) is 0 Å². The molecule has 0 aliphatic rings. The molecule has 28 heavy (non-hydrogen) atoms. The van der Waals surface area contributed by atoms with Crippen molar-refractivity contribution in [2.75, 3.05) is 0 Å². The van der Waals surface area contributed by atoms with Gasteiger partial charge in [0.1, 0.15) is 17.3 Å². The van der Waals surface area contributed by atoms with Crippen LogP contribution in [0.15, 0.2) is 42.6 Å². The molecule has 0 bridgehead atoms. The van der Waals surface area contributed by atoms with Crippen molar-refractivity contribution >= 4 is 34.4 Å². The molecule has 0 amide bonds. The first-order valence-electron chi connectivity index (χ1n) is 8.72. The summed E-state index contributed by atoms with van der Waals surface area (Å²) in [5.74, 6) is 1.55. The molecule has 0 radical (unpaired) electrons. The molecule has 3 rings (SSSR count). The summed E-state index contributed by atoms with van der Waals surface area (Å²) >= 11 is 6.32. The minimum atomic E-state index is 0.168. The summed E-state index contributed by atoms with van der Waals surface area (Å²) in [4.78, 5) is 32.3. The van der Waals surface area contributed by atoms with E-state index < -0.39 is 0 Å². The number of hydrogen-bond donors (Lipinski definition) is 0. The average Bonchev–Trinajstić information content (AvgIpc) is 2.66. The van der Waals surface area contributed by atoms with E-state index in [-0.39, 0.29) is 11.9 Å². The van der Waals surface area contributed by atoms with Gasteiger partial charge in [0.15, 0.2) is 0 Å². The van der Waals surface area contributed by atoms with Crippen LogP contribution in [0, 0.1) is 13.8 Å². The van der Waals surface area contributed by atoms with Crippen LogP contribution in [0.3, 0.4) is 0 Å². The van der Waals surface area contributed by atoms with Gasteiger partial charge in [0.2, 0.25) is 0 Å². The number of ether oxygens (including phenoxy) is 1. The van der Waals surface area contributed by atoms with Crippen molar-refractivity contribution in [3.05, 3.63) is 64.3 Å². The third-order valence-corrected chi connectivity index (χ3v) is 4.70. The van der Waals surface area contributed by atoms with Gasteiger partial charge < -0.3 is 4.74 Å². The second kappa shape index (κ2) is 9.79. The summed E-state index contributed by atoms with van der Waals surface area (Å²) in [6.45, 7) is 5.99. The number of aryl methyl sites for hydroxylation is 2. The van der Waals surface area contributed by atoms with E-state index in [1.165, 1.54) is 11.1 Å². The molecule has 1 heterocycles. The fraction of sp³-hybridized carbons (Fsp3) is 0.227. The maximum atomic E-state index is 11.6. The molecule has 0 aliphatic heterocycles. The highest BCUT2D eigenvalue weighted by Crippen LogP contribution is 2.32. The maximum absolute atomic E-state index is 11.6. The number of hydrogen-bond acceptors (Lipinski definition) is 5. The van der Waals surface area contributed by atoms with Crippen molar-refractivity contribution in [2.45, 2.75) is 33.6 Å². The Labute approximate surface area is 168 Å². The number of nitrogens with zero attached hydrogens (tertiary/aromatic N) is 1. The normalized spacial score (nSPS) is 10.0. The van der Waals surface area contributed by atoms with E-state index in [1.54, 1.807) is 12.3 Å². The van der Waals surface area contributed by atoms with Crippen LogP contribution in [0.2, 0.25) is 5.02 Å². The summed E-state index contributed by atoms with van der Waals surface area (Å²) in [6.07, 6.45) is 2.85. The van der Waals surface area contributed by atoms with E-state index in [0.29, 0.717) is 23.6 Å². The lowest BCUT2D eigenvalue weighted by Crippen LogP contribution is -2.01. The van der Waals surface area contributed by atoms with Gasteiger partial charge >= 0.3 is 6.15 Å². The Bertz CT molecular complexity index is 1040. The molecular weight excluding hydrogens is 378 g/mol. The first-order valence-corrected chi connectivity index (χ1v) is 9.10. The quantitative estimate of drug-likeness (QED) is 0.588. The molecule has 0 aliphatic carbocycles. The zero-order valence-corrected chi connectivity index (χ0v) is 16.7. The molecule has 0 unspecified atom stereocenters. The second-order valence-electron chi connectivity index (χ2n) is 6.27. The Balaban J connectivity index is 0.000000878. The van der Waals surface area contributed by atoms with Crippen LogP contribution in [0.5, 0.6) is 11.5 Å². The van der Waals surface area contributed by atoms with Crippen LogP contribution in [-0.2, 0) is 20.8 Å². The topological polar surface area (TPSA) is 73.3 Å². The summed E-state index contributed by atoms with van der Waals surface area (Å²) in [7, 11) is 0. The van der Waals surface area contributed by atoms with E-state index in [1.807, 2.05) is 25.1 Å². The third kappa shape index (κ3) is 5.26. The Morgan fingerprint density at radius 1 is 1.11 bits per heavy atom. The number of halogens is 1. The Morgan fingerprint density at radius 2 is 1.79 bits per heavy atom. The molecule has 3 aromatic rings. The largest absolute Gasteiger partial charge is 0.457 e. The minimum absolute atomic E-state index is 0.168. The Hall–Kier alpha value is -3.01. The summed E-state index contributed by atoms with van der Waals surface area (Å²) in [5.41, 5.74) is 4.12. The molecule has 0 saturated carbocycles. The van der Waals surface area contributed by atoms with Crippen molar-refractivity contribution in [3.63, 3.8) is 0 Å². The van der Waals surface area contributed by atoms with E-state index >= 15 is 0 Å². The predicted octanol–water partition coefficient (Wildman–Crippen LogP) is 5.24. The van der Waals surface area contributed by atoms with Gasteiger partial charge in [-0.1, -0.05) is 24.6 Å². The smallest absolute Gasteiger partial charge is 0.373 e. The van der Waals surface area contributed by atoms with Gasteiger partial charge in [0.25, 0.3) is 0 Å². The molecule has 144 valence electrons. The zero-order chi connectivity index (χ0) is 20.7. The standard InChI is InChI=1S/C21H20ClNO2.CO2/c1-4-16(24)11-15-5-6-17(12-19(15)22)25-21-7-8-23-20-10-14(3)13(2)9-18(20)21;2-1-3/h5-10,12H,4,11H2,1-3H3;. The van der Waals surface area contributed by atoms with Crippen molar-refractivity contribution < 1.29 is 19.1 Å². The van der Waals surface area contributed by atoms with Crippen LogP contribution >= 0.6 is 11.6 Å². The maximum Gasteiger partial charge on any atom is 0.373 e. The lowest BCUT2D eigenvalue weighted by Gasteiger charge is -2.12. The van der Waals surface area contributed by atoms with Gasteiger partial charge in [-0.05, 0) is 60.9 Å². The molecule has 0 saturated heterocycles. The number of rotatable bonds is 5. The molecule has 0 N–H and O–H groups in total. The van der Waals surface area contributed by atoms with Crippen molar-refractivity contribution in [3.8, 4) is 11.5 Å². The molecule has 1 aromatic heterocycles. The van der Waals surface area contributed by atoms with Crippen LogP contribution in [0.25, 0.3) is 10.9 Å². The highest BCUT2D eigenvalue weighted by atomic mass is 35.5. The van der Waals surface area contributed by atoms with Gasteiger partial charge in [0.05, 0.1) is 5.52 Å². The number of carbonyl (C=O) groups is 1. The van der Waals surface area contributed by atoms with Gasteiger partial charge in [-0.2, -0.15) is 9.59 Å². The number of carbonyl (C=O) groups excluding carboxylic acids is 3. The Kier molecular flexibility index (Phi) is 7.44. The van der Waals surface area contributed by atoms with E-state index in [9.17, 15) is 4.79 Å². The molecular formula is C22H20ClNO4. The lowest BCUT2D eigenvalue weighted by atomic mass is 10.1. The molecule has 0 spiro atoms. The zero-order valence-electron chi connectivity index (χ0n) is 15.9. The highest BCUT2D eigenvalue weighted by molar-refractivity contribution is 6.31. The van der Waals surface area contributed by atoms with Gasteiger partial charge in [-0.3, -0.25) is 9.78 Å².